The van der Waals surface area contributed by atoms with Crippen LogP contribution in [0.4, 0.5) is 5.69 Å². The average molecular weight is 409 g/mol. The minimum Gasteiger partial charge on any atom is -0.480 e. The number of amides is 2. The number of aliphatic carboxylic acids is 1. The molecular weight excluding hydrogens is 388 g/mol. The first kappa shape index (κ1) is 17.9. The van der Waals surface area contributed by atoms with Crippen molar-refractivity contribution >= 4 is 39.4 Å². The molecule has 1 saturated carbocycles. The lowest BCUT2D eigenvalue weighted by Crippen LogP contribution is -2.57. The monoisotopic (exact) mass is 408 g/mol. The van der Waals surface area contributed by atoms with E-state index in [0.29, 0.717) is 12.8 Å². The Bertz CT molecular complexity index is 683. The summed E-state index contributed by atoms with van der Waals surface area (Å²) in [5, 5.41) is 12.3. The van der Waals surface area contributed by atoms with E-state index in [-0.39, 0.29) is 24.8 Å². The molecule has 7 heteroatoms. The van der Waals surface area contributed by atoms with Crippen LogP contribution in [0.15, 0.2) is 28.7 Å². The van der Waals surface area contributed by atoms with Crippen LogP contribution in [0.5, 0.6) is 0 Å². The molecule has 2 fully saturated rings. The number of anilines is 1. The minimum absolute atomic E-state index is 0.109. The topological polar surface area (TPSA) is 86.7 Å². The average Bonchev–Trinajstić information content (AvgIpc) is 2.98. The predicted molar refractivity (Wildman–Crippen MR) is 96.2 cm³/mol. The highest BCUT2D eigenvalue weighted by Gasteiger charge is 2.44. The maximum absolute atomic E-state index is 12.6. The molecule has 0 spiro atoms. The SMILES string of the molecule is O=C(NC1(C(=O)O)CCCCC1)[C@@H]1CC(=O)N(c2ccc(Br)cc2)C1. The van der Waals surface area contributed by atoms with Crippen molar-refractivity contribution in [1.82, 2.24) is 5.32 Å². The molecular formula is C18H21BrN2O4. The lowest BCUT2D eigenvalue weighted by Gasteiger charge is -2.34. The number of nitrogens with zero attached hydrogens (tertiary/aromatic N) is 1. The van der Waals surface area contributed by atoms with E-state index in [9.17, 15) is 19.5 Å². The van der Waals surface area contributed by atoms with E-state index < -0.39 is 17.4 Å². The maximum Gasteiger partial charge on any atom is 0.329 e. The summed E-state index contributed by atoms with van der Waals surface area (Å²) in [5.41, 5.74) is -0.433. The minimum atomic E-state index is -1.18. The highest BCUT2D eigenvalue weighted by Crippen LogP contribution is 2.31. The first-order valence-electron chi connectivity index (χ1n) is 8.53. The molecule has 2 amide bonds. The number of carbonyl (C=O) groups is 3. The number of benzene rings is 1. The summed E-state index contributed by atoms with van der Waals surface area (Å²) in [7, 11) is 0. The third-order valence-corrected chi connectivity index (χ3v) is 5.64. The largest absolute Gasteiger partial charge is 0.480 e. The summed E-state index contributed by atoms with van der Waals surface area (Å²) in [4.78, 5) is 38.2. The second-order valence-corrected chi connectivity index (χ2v) is 7.73. The summed E-state index contributed by atoms with van der Waals surface area (Å²) in [6.07, 6.45) is 3.58. The number of carboxylic acid groups (broad SMARTS) is 1. The van der Waals surface area contributed by atoms with Crippen LogP contribution in [0.25, 0.3) is 0 Å². The molecule has 0 bridgehead atoms. The number of hydrogen-bond acceptors (Lipinski definition) is 3. The van der Waals surface area contributed by atoms with Gasteiger partial charge in [0.15, 0.2) is 0 Å². The second kappa shape index (κ2) is 7.15. The fraction of sp³-hybridized carbons (Fsp3) is 0.500. The first-order chi connectivity index (χ1) is 11.9. The van der Waals surface area contributed by atoms with Gasteiger partial charge in [-0.2, -0.15) is 0 Å². The van der Waals surface area contributed by atoms with Crippen molar-refractivity contribution in [2.75, 3.05) is 11.4 Å². The van der Waals surface area contributed by atoms with Crippen LogP contribution >= 0.6 is 15.9 Å². The summed E-state index contributed by atoms with van der Waals surface area (Å²) >= 11 is 3.36. The summed E-state index contributed by atoms with van der Waals surface area (Å²) in [6, 6.07) is 7.33. The Balaban J connectivity index is 1.70. The van der Waals surface area contributed by atoms with Gasteiger partial charge in [-0.3, -0.25) is 9.59 Å². The highest BCUT2D eigenvalue weighted by molar-refractivity contribution is 9.10. The fourth-order valence-corrected chi connectivity index (χ4v) is 3.90. The van der Waals surface area contributed by atoms with Crippen LogP contribution in [-0.4, -0.2) is 35.0 Å². The molecule has 1 saturated heterocycles. The molecule has 1 atom stereocenters. The van der Waals surface area contributed by atoms with Gasteiger partial charge in [0.2, 0.25) is 11.8 Å². The molecule has 1 aliphatic carbocycles. The molecule has 1 aliphatic heterocycles. The molecule has 0 unspecified atom stereocenters. The number of carbonyl (C=O) groups excluding carboxylic acids is 2. The Hall–Kier alpha value is -1.89. The highest BCUT2D eigenvalue weighted by atomic mass is 79.9. The molecule has 1 heterocycles. The van der Waals surface area contributed by atoms with Gasteiger partial charge in [-0.15, -0.1) is 0 Å². The number of halogens is 1. The van der Waals surface area contributed by atoms with Crippen molar-refractivity contribution in [1.29, 1.82) is 0 Å². The Morgan fingerprint density at radius 3 is 2.40 bits per heavy atom. The zero-order chi connectivity index (χ0) is 18.0. The van der Waals surface area contributed by atoms with E-state index in [1.807, 2.05) is 24.3 Å². The molecule has 0 aromatic heterocycles. The van der Waals surface area contributed by atoms with Gasteiger partial charge in [-0.1, -0.05) is 35.2 Å². The van der Waals surface area contributed by atoms with Crippen LogP contribution in [-0.2, 0) is 14.4 Å². The van der Waals surface area contributed by atoms with Gasteiger partial charge in [0.25, 0.3) is 0 Å². The molecule has 25 heavy (non-hydrogen) atoms. The van der Waals surface area contributed by atoms with E-state index in [1.165, 1.54) is 0 Å². The zero-order valence-electron chi connectivity index (χ0n) is 13.8. The van der Waals surface area contributed by atoms with E-state index in [2.05, 4.69) is 21.2 Å². The summed E-state index contributed by atoms with van der Waals surface area (Å²) in [6.45, 7) is 0.280. The van der Waals surface area contributed by atoms with Crippen LogP contribution in [0.3, 0.4) is 0 Å². The van der Waals surface area contributed by atoms with E-state index in [4.69, 9.17) is 0 Å². The van der Waals surface area contributed by atoms with E-state index >= 15 is 0 Å². The molecule has 2 aliphatic rings. The molecule has 0 radical (unpaired) electrons. The molecule has 1 aromatic rings. The number of carboxylic acids is 1. The lowest BCUT2D eigenvalue weighted by molar-refractivity contribution is -0.149. The van der Waals surface area contributed by atoms with Crippen molar-refractivity contribution in [2.45, 2.75) is 44.1 Å². The fourth-order valence-electron chi connectivity index (χ4n) is 3.64. The Morgan fingerprint density at radius 2 is 1.80 bits per heavy atom. The Labute approximate surface area is 154 Å². The van der Waals surface area contributed by atoms with Gasteiger partial charge < -0.3 is 15.3 Å². The lowest BCUT2D eigenvalue weighted by atomic mass is 9.81. The van der Waals surface area contributed by atoms with Crippen molar-refractivity contribution in [3.05, 3.63) is 28.7 Å². The van der Waals surface area contributed by atoms with E-state index in [0.717, 1.165) is 29.4 Å². The molecule has 6 nitrogen and oxygen atoms in total. The second-order valence-electron chi connectivity index (χ2n) is 6.82. The van der Waals surface area contributed by atoms with Crippen molar-refractivity contribution in [3.63, 3.8) is 0 Å². The predicted octanol–water partition coefficient (Wildman–Crippen LogP) is 2.71. The number of hydrogen-bond donors (Lipinski definition) is 2. The van der Waals surface area contributed by atoms with Gasteiger partial charge in [-0.25, -0.2) is 4.79 Å². The van der Waals surface area contributed by atoms with Gasteiger partial charge in [0, 0.05) is 23.1 Å². The third-order valence-electron chi connectivity index (χ3n) is 5.11. The molecule has 1 aromatic carbocycles. The number of nitrogens with one attached hydrogen (secondary N) is 1. The number of rotatable bonds is 4. The van der Waals surface area contributed by atoms with Crippen LogP contribution in [0.1, 0.15) is 38.5 Å². The molecule has 3 rings (SSSR count). The third kappa shape index (κ3) is 3.71. The van der Waals surface area contributed by atoms with Crippen molar-refractivity contribution in [2.24, 2.45) is 5.92 Å². The molecule has 134 valence electrons. The maximum atomic E-state index is 12.6. The van der Waals surface area contributed by atoms with Crippen LogP contribution in [0.2, 0.25) is 0 Å². The van der Waals surface area contributed by atoms with Gasteiger partial charge >= 0.3 is 5.97 Å². The molecule has 2 N–H and O–H groups in total. The van der Waals surface area contributed by atoms with Crippen molar-refractivity contribution in [3.8, 4) is 0 Å². The van der Waals surface area contributed by atoms with Gasteiger partial charge in [0.1, 0.15) is 5.54 Å². The van der Waals surface area contributed by atoms with Gasteiger partial charge in [0.05, 0.1) is 5.92 Å². The van der Waals surface area contributed by atoms with Crippen molar-refractivity contribution < 1.29 is 19.5 Å². The first-order valence-corrected chi connectivity index (χ1v) is 9.32. The standard InChI is InChI=1S/C18H21BrN2O4/c19-13-4-6-14(7-5-13)21-11-12(10-15(21)22)16(23)20-18(17(24)25)8-2-1-3-9-18/h4-7,12H,1-3,8-11H2,(H,20,23)(H,24,25)/t12-/m1/s1. The quantitative estimate of drug-likeness (QED) is 0.801. The summed E-state index contributed by atoms with van der Waals surface area (Å²) < 4.78 is 0.915. The van der Waals surface area contributed by atoms with E-state index in [1.54, 1.807) is 4.90 Å². The smallest absolute Gasteiger partial charge is 0.329 e. The normalized spacial score (nSPS) is 22.7. The van der Waals surface area contributed by atoms with Crippen LogP contribution in [0, 0.1) is 5.92 Å². The van der Waals surface area contributed by atoms with Crippen LogP contribution < -0.4 is 10.2 Å². The summed E-state index contributed by atoms with van der Waals surface area (Å²) in [5.74, 6) is -1.95. The Kier molecular flexibility index (Phi) is 5.13. The zero-order valence-corrected chi connectivity index (χ0v) is 15.4. The van der Waals surface area contributed by atoms with Gasteiger partial charge in [-0.05, 0) is 37.1 Å². The Morgan fingerprint density at radius 1 is 1.16 bits per heavy atom.